The first-order valence-electron chi connectivity index (χ1n) is 7.41. The maximum atomic E-state index is 12.5. The van der Waals surface area contributed by atoms with Gasteiger partial charge in [0.05, 0.1) is 11.5 Å². The van der Waals surface area contributed by atoms with Crippen molar-refractivity contribution in [3.05, 3.63) is 35.4 Å². The minimum absolute atomic E-state index is 0.0653. The molecule has 0 aromatic heterocycles. The number of urea groups is 1. The van der Waals surface area contributed by atoms with E-state index in [0.29, 0.717) is 5.56 Å². The number of rotatable bonds is 6. The predicted molar refractivity (Wildman–Crippen MR) is 82.7 cm³/mol. The summed E-state index contributed by atoms with van der Waals surface area (Å²) in [5, 5.41) is 11.5. The van der Waals surface area contributed by atoms with Crippen molar-refractivity contribution in [1.82, 2.24) is 10.2 Å². The molecular weight excluding hydrogens is 325 g/mol. The van der Waals surface area contributed by atoms with Crippen LogP contribution in [-0.2, 0) is 11.0 Å². The lowest BCUT2D eigenvalue weighted by atomic mass is 10.00. The van der Waals surface area contributed by atoms with Crippen LogP contribution in [0.2, 0.25) is 0 Å². The van der Waals surface area contributed by atoms with Crippen LogP contribution >= 0.6 is 0 Å². The normalized spacial score (nSPS) is 13.9. The second-order valence-corrected chi connectivity index (χ2v) is 5.83. The number of nitrogens with one attached hydrogen (secondary N) is 1. The van der Waals surface area contributed by atoms with E-state index >= 15 is 0 Å². The fraction of sp³-hybridized carbons (Fsp3) is 0.500. The van der Waals surface area contributed by atoms with E-state index in [-0.39, 0.29) is 19.0 Å². The monoisotopic (exact) mass is 346 g/mol. The van der Waals surface area contributed by atoms with Crippen molar-refractivity contribution < 1.29 is 27.9 Å². The third-order valence-electron chi connectivity index (χ3n) is 3.68. The lowest BCUT2D eigenvalue weighted by Crippen LogP contribution is -2.41. The number of carbonyl (C=O) groups is 2. The summed E-state index contributed by atoms with van der Waals surface area (Å²) in [4.78, 5) is 23.9. The van der Waals surface area contributed by atoms with Gasteiger partial charge in [0, 0.05) is 20.1 Å². The maximum Gasteiger partial charge on any atom is 0.416 e. The topological polar surface area (TPSA) is 69.6 Å². The van der Waals surface area contributed by atoms with Gasteiger partial charge in [-0.05, 0) is 23.6 Å². The summed E-state index contributed by atoms with van der Waals surface area (Å²) in [6, 6.07) is 4.36. The van der Waals surface area contributed by atoms with Crippen LogP contribution in [0.25, 0.3) is 0 Å². The van der Waals surface area contributed by atoms with Gasteiger partial charge in [-0.25, -0.2) is 4.79 Å². The summed E-state index contributed by atoms with van der Waals surface area (Å²) < 4.78 is 37.6. The van der Waals surface area contributed by atoms with Gasteiger partial charge in [-0.1, -0.05) is 26.0 Å². The molecule has 0 fully saturated rings. The lowest BCUT2D eigenvalue weighted by molar-refractivity contribution is -0.141. The molecule has 0 heterocycles. The highest BCUT2D eigenvalue weighted by Crippen LogP contribution is 2.30. The van der Waals surface area contributed by atoms with Gasteiger partial charge in [-0.3, -0.25) is 4.79 Å². The van der Waals surface area contributed by atoms with Crippen LogP contribution in [-0.4, -0.2) is 42.1 Å². The number of carboxylic acid groups (broad SMARTS) is 1. The molecule has 0 bridgehead atoms. The molecule has 8 heteroatoms. The molecule has 1 aromatic carbocycles. The summed E-state index contributed by atoms with van der Waals surface area (Å²) >= 11 is 0. The second-order valence-electron chi connectivity index (χ2n) is 5.83. The number of halogens is 3. The van der Waals surface area contributed by atoms with Crippen LogP contribution < -0.4 is 5.32 Å². The molecule has 0 spiro atoms. The first-order valence-corrected chi connectivity index (χ1v) is 7.41. The molecule has 2 atom stereocenters. The van der Waals surface area contributed by atoms with E-state index in [2.05, 4.69) is 5.32 Å². The second kappa shape index (κ2) is 8.03. The highest BCUT2D eigenvalue weighted by molar-refractivity contribution is 5.75. The number of hydrogen-bond donors (Lipinski definition) is 2. The summed E-state index contributed by atoms with van der Waals surface area (Å²) in [6.45, 7) is 3.57. The third kappa shape index (κ3) is 5.75. The Morgan fingerprint density at radius 2 is 1.75 bits per heavy atom. The van der Waals surface area contributed by atoms with Crippen LogP contribution in [0.3, 0.4) is 0 Å². The number of nitrogens with zero attached hydrogens (tertiary/aromatic N) is 1. The number of hydrogen-bond acceptors (Lipinski definition) is 2. The minimum atomic E-state index is -4.38. The summed E-state index contributed by atoms with van der Waals surface area (Å²) in [7, 11) is 1.48. The fourth-order valence-electron chi connectivity index (χ4n) is 2.07. The molecule has 2 unspecified atom stereocenters. The summed E-state index contributed by atoms with van der Waals surface area (Å²) in [6.07, 6.45) is -4.38. The first kappa shape index (κ1) is 19.8. The van der Waals surface area contributed by atoms with E-state index in [0.717, 1.165) is 12.1 Å². The van der Waals surface area contributed by atoms with Gasteiger partial charge in [0.1, 0.15) is 0 Å². The molecule has 5 nitrogen and oxygen atoms in total. The molecular formula is C16H21F3N2O3. The van der Waals surface area contributed by atoms with Crippen molar-refractivity contribution >= 4 is 12.0 Å². The zero-order chi connectivity index (χ0) is 18.5. The average molecular weight is 346 g/mol. The minimum Gasteiger partial charge on any atom is -0.481 e. The molecule has 0 saturated carbocycles. The SMILES string of the molecule is CC(CN(C)C(=O)NCC(C)c1ccc(C(F)(F)F)cc1)C(=O)O. The van der Waals surface area contributed by atoms with E-state index in [4.69, 9.17) is 5.11 Å². The number of carbonyl (C=O) groups excluding carboxylic acids is 1. The molecule has 0 aliphatic heterocycles. The molecule has 1 rings (SSSR count). The van der Waals surface area contributed by atoms with E-state index < -0.39 is 29.7 Å². The van der Waals surface area contributed by atoms with Crippen LogP contribution in [0, 0.1) is 5.92 Å². The Bertz CT molecular complexity index is 573. The van der Waals surface area contributed by atoms with E-state index in [9.17, 15) is 22.8 Å². The van der Waals surface area contributed by atoms with E-state index in [1.165, 1.54) is 31.0 Å². The Morgan fingerprint density at radius 3 is 2.21 bits per heavy atom. The number of amides is 2. The number of alkyl halides is 3. The smallest absolute Gasteiger partial charge is 0.416 e. The Balaban J connectivity index is 2.54. The first-order chi connectivity index (χ1) is 11.0. The van der Waals surface area contributed by atoms with Crippen LogP contribution in [0.15, 0.2) is 24.3 Å². The number of carboxylic acids is 1. The Kier molecular flexibility index (Phi) is 6.62. The van der Waals surface area contributed by atoms with Gasteiger partial charge in [0.15, 0.2) is 0 Å². The Morgan fingerprint density at radius 1 is 1.21 bits per heavy atom. The van der Waals surface area contributed by atoms with Gasteiger partial charge in [0.2, 0.25) is 0 Å². The van der Waals surface area contributed by atoms with Gasteiger partial charge in [0.25, 0.3) is 0 Å². The Hall–Kier alpha value is -2.25. The molecule has 2 amide bonds. The quantitative estimate of drug-likeness (QED) is 0.831. The molecule has 0 aliphatic carbocycles. The van der Waals surface area contributed by atoms with Crippen molar-refractivity contribution in [3.8, 4) is 0 Å². The zero-order valence-electron chi connectivity index (χ0n) is 13.7. The maximum absolute atomic E-state index is 12.5. The molecule has 24 heavy (non-hydrogen) atoms. The molecule has 2 N–H and O–H groups in total. The molecule has 0 saturated heterocycles. The van der Waals surface area contributed by atoms with E-state index in [1.54, 1.807) is 6.92 Å². The lowest BCUT2D eigenvalue weighted by Gasteiger charge is -2.21. The number of benzene rings is 1. The van der Waals surface area contributed by atoms with Gasteiger partial charge in [-0.2, -0.15) is 13.2 Å². The van der Waals surface area contributed by atoms with Crippen molar-refractivity contribution in [2.45, 2.75) is 25.9 Å². The van der Waals surface area contributed by atoms with Gasteiger partial charge in [-0.15, -0.1) is 0 Å². The number of aliphatic carboxylic acids is 1. The third-order valence-corrected chi connectivity index (χ3v) is 3.68. The van der Waals surface area contributed by atoms with Crippen LogP contribution in [0.1, 0.15) is 30.9 Å². The van der Waals surface area contributed by atoms with Crippen molar-refractivity contribution in [1.29, 1.82) is 0 Å². The zero-order valence-corrected chi connectivity index (χ0v) is 13.7. The fourth-order valence-corrected chi connectivity index (χ4v) is 2.07. The largest absolute Gasteiger partial charge is 0.481 e. The van der Waals surface area contributed by atoms with Crippen molar-refractivity contribution in [2.75, 3.05) is 20.1 Å². The van der Waals surface area contributed by atoms with E-state index in [1.807, 2.05) is 0 Å². The predicted octanol–water partition coefficient (Wildman–Crippen LogP) is 3.17. The van der Waals surface area contributed by atoms with Gasteiger partial charge < -0.3 is 15.3 Å². The standard InChI is InChI=1S/C16H21F3N2O3/c1-10(12-4-6-13(7-5-12)16(17,18)19)8-20-15(24)21(3)9-11(2)14(22)23/h4-7,10-11H,8-9H2,1-3H3,(H,20,24)(H,22,23). The summed E-state index contributed by atoms with van der Waals surface area (Å²) in [5.74, 6) is -1.86. The molecule has 1 aromatic rings. The molecule has 0 radical (unpaired) electrons. The van der Waals surface area contributed by atoms with Crippen molar-refractivity contribution in [3.63, 3.8) is 0 Å². The van der Waals surface area contributed by atoms with Crippen LogP contribution in [0.4, 0.5) is 18.0 Å². The average Bonchev–Trinajstić information content (AvgIpc) is 2.51. The highest BCUT2D eigenvalue weighted by atomic mass is 19.4. The highest BCUT2D eigenvalue weighted by Gasteiger charge is 2.30. The summed E-state index contributed by atoms with van der Waals surface area (Å²) in [5.41, 5.74) is -0.0465. The van der Waals surface area contributed by atoms with Crippen molar-refractivity contribution in [2.24, 2.45) is 5.92 Å². The van der Waals surface area contributed by atoms with Gasteiger partial charge >= 0.3 is 18.2 Å². The molecule has 134 valence electrons. The molecule has 0 aliphatic rings. The Labute approximate surface area is 138 Å². The van der Waals surface area contributed by atoms with Crippen LogP contribution in [0.5, 0.6) is 0 Å².